The number of carbonyl (C=O) groups is 1. The molecule has 2 aromatic rings. The lowest BCUT2D eigenvalue weighted by Gasteiger charge is -2.34. The fourth-order valence-corrected chi connectivity index (χ4v) is 3.70. The van der Waals surface area contributed by atoms with Crippen molar-refractivity contribution in [3.8, 4) is 11.3 Å². The zero-order valence-corrected chi connectivity index (χ0v) is 14.4. The number of aromatic nitrogens is 2. The van der Waals surface area contributed by atoms with Crippen molar-refractivity contribution in [2.75, 3.05) is 18.6 Å². The van der Waals surface area contributed by atoms with Gasteiger partial charge >= 0.3 is 0 Å². The zero-order chi connectivity index (χ0) is 17.2. The van der Waals surface area contributed by atoms with Crippen molar-refractivity contribution in [3.05, 3.63) is 42.4 Å². The maximum absolute atomic E-state index is 12.4. The van der Waals surface area contributed by atoms with Crippen LogP contribution in [0.15, 0.2) is 36.5 Å². The number of hydrogen-bond acceptors (Lipinski definition) is 4. The first-order chi connectivity index (χ1) is 11.4. The van der Waals surface area contributed by atoms with Crippen LogP contribution in [-0.4, -0.2) is 47.7 Å². The van der Waals surface area contributed by atoms with Crippen LogP contribution in [0.2, 0.25) is 0 Å². The molecule has 128 valence electrons. The highest BCUT2D eigenvalue weighted by Gasteiger charge is 2.31. The molecule has 0 radical (unpaired) electrons. The molecular weight excluding hydrogens is 326 g/mol. The number of H-pyrrole nitrogens is 1. The Balaban J connectivity index is 1.83. The van der Waals surface area contributed by atoms with E-state index in [9.17, 15) is 13.2 Å². The first-order valence-electron chi connectivity index (χ1n) is 8.02. The summed E-state index contributed by atoms with van der Waals surface area (Å²) in [6.45, 7) is 0.570. The fourth-order valence-electron chi connectivity index (χ4n) is 3.09. The normalized spacial score (nSPS) is 18.5. The number of hydrogen-bond donors (Lipinski definition) is 1. The summed E-state index contributed by atoms with van der Waals surface area (Å²) in [4.78, 5) is 21.8. The number of benzene rings is 1. The lowest BCUT2D eigenvalue weighted by molar-refractivity contribution is -0.132. The molecule has 1 aliphatic heterocycles. The third kappa shape index (κ3) is 3.84. The first-order valence-corrected chi connectivity index (χ1v) is 10.1. The topological polar surface area (TPSA) is 83.1 Å². The van der Waals surface area contributed by atoms with Gasteiger partial charge in [0.05, 0.1) is 11.7 Å². The molecule has 1 fully saturated rings. The van der Waals surface area contributed by atoms with E-state index in [0.717, 1.165) is 42.6 Å². The maximum atomic E-state index is 12.4. The number of amides is 1. The van der Waals surface area contributed by atoms with Gasteiger partial charge in [-0.1, -0.05) is 30.3 Å². The van der Waals surface area contributed by atoms with E-state index in [1.807, 2.05) is 36.5 Å². The van der Waals surface area contributed by atoms with E-state index in [1.54, 1.807) is 4.90 Å². The molecule has 3 rings (SSSR count). The molecule has 7 heteroatoms. The van der Waals surface area contributed by atoms with Crippen molar-refractivity contribution in [1.82, 2.24) is 14.9 Å². The second-order valence-corrected chi connectivity index (χ2v) is 8.35. The Morgan fingerprint density at radius 1 is 1.29 bits per heavy atom. The van der Waals surface area contributed by atoms with Gasteiger partial charge in [0.1, 0.15) is 11.6 Å². The first kappa shape index (κ1) is 16.7. The highest BCUT2D eigenvalue weighted by atomic mass is 32.2. The van der Waals surface area contributed by atoms with E-state index in [2.05, 4.69) is 9.97 Å². The van der Waals surface area contributed by atoms with Crippen LogP contribution in [0.5, 0.6) is 0 Å². The molecule has 1 unspecified atom stereocenters. The van der Waals surface area contributed by atoms with Crippen molar-refractivity contribution in [3.63, 3.8) is 0 Å². The molecule has 0 aliphatic carbocycles. The third-order valence-corrected chi connectivity index (χ3v) is 4.96. The van der Waals surface area contributed by atoms with Crippen LogP contribution in [-0.2, 0) is 14.6 Å². The van der Waals surface area contributed by atoms with Crippen molar-refractivity contribution in [1.29, 1.82) is 0 Å². The van der Waals surface area contributed by atoms with Crippen LogP contribution in [0.3, 0.4) is 0 Å². The van der Waals surface area contributed by atoms with E-state index in [1.165, 1.54) is 0 Å². The molecule has 0 spiro atoms. The van der Waals surface area contributed by atoms with Crippen molar-refractivity contribution in [2.24, 2.45) is 0 Å². The summed E-state index contributed by atoms with van der Waals surface area (Å²) >= 11 is 0. The number of likely N-dealkylation sites (tertiary alicyclic amines) is 1. The average Bonchev–Trinajstić information content (AvgIpc) is 3.04. The molecule has 1 atom stereocenters. The summed E-state index contributed by atoms with van der Waals surface area (Å²) in [6.07, 6.45) is 5.59. The summed E-state index contributed by atoms with van der Waals surface area (Å²) in [5, 5.41) is 0. The van der Waals surface area contributed by atoms with Crippen LogP contribution in [0.1, 0.15) is 31.1 Å². The summed E-state index contributed by atoms with van der Waals surface area (Å²) in [7, 11) is -3.34. The van der Waals surface area contributed by atoms with Gasteiger partial charge < -0.3 is 9.88 Å². The van der Waals surface area contributed by atoms with Gasteiger partial charge in [0.15, 0.2) is 9.84 Å². The summed E-state index contributed by atoms with van der Waals surface area (Å²) in [5.41, 5.74) is 1.83. The summed E-state index contributed by atoms with van der Waals surface area (Å²) in [6, 6.07) is 9.62. The number of nitrogens with one attached hydrogen (secondary N) is 1. The Kier molecular flexibility index (Phi) is 4.71. The van der Waals surface area contributed by atoms with Crippen LogP contribution in [0.4, 0.5) is 0 Å². The van der Waals surface area contributed by atoms with Gasteiger partial charge in [0.25, 0.3) is 0 Å². The molecule has 24 heavy (non-hydrogen) atoms. The molecule has 1 aliphatic rings. The van der Waals surface area contributed by atoms with Crippen LogP contribution >= 0.6 is 0 Å². The third-order valence-electron chi connectivity index (χ3n) is 4.19. The smallest absolute Gasteiger partial charge is 0.238 e. The minimum Gasteiger partial charge on any atom is -0.346 e. The second kappa shape index (κ2) is 6.76. The predicted octanol–water partition coefficient (Wildman–Crippen LogP) is 2.17. The van der Waals surface area contributed by atoms with Gasteiger partial charge in [-0.3, -0.25) is 4.79 Å². The molecular formula is C17H21N3O3S. The quantitative estimate of drug-likeness (QED) is 0.919. The molecule has 1 saturated heterocycles. The summed E-state index contributed by atoms with van der Waals surface area (Å²) < 4.78 is 22.9. The lowest BCUT2D eigenvalue weighted by atomic mass is 10.0. The van der Waals surface area contributed by atoms with Gasteiger partial charge in [-0.25, -0.2) is 13.4 Å². The van der Waals surface area contributed by atoms with Crippen LogP contribution < -0.4 is 0 Å². The Labute approximate surface area is 141 Å². The number of rotatable bonds is 4. The minimum atomic E-state index is -3.34. The number of sulfone groups is 1. The minimum absolute atomic E-state index is 0.189. The number of nitrogens with zero attached hydrogens (tertiary/aromatic N) is 2. The van der Waals surface area contributed by atoms with Gasteiger partial charge in [-0.05, 0) is 19.3 Å². The monoisotopic (exact) mass is 347 g/mol. The number of aromatic amines is 1. The van der Waals surface area contributed by atoms with Crippen molar-refractivity contribution < 1.29 is 13.2 Å². The van der Waals surface area contributed by atoms with Crippen molar-refractivity contribution >= 4 is 15.7 Å². The second-order valence-electron chi connectivity index (χ2n) is 6.21. The van der Waals surface area contributed by atoms with E-state index < -0.39 is 15.6 Å². The van der Waals surface area contributed by atoms with E-state index in [-0.39, 0.29) is 11.9 Å². The standard InChI is InChI=1S/C17H21N3O3S/c1-24(22,23)12-16(21)20-10-6-5-9-15(20)17-18-11-14(19-17)13-7-3-2-4-8-13/h2-4,7-8,11,15H,5-6,9-10,12H2,1H3,(H,18,19). The zero-order valence-electron chi connectivity index (χ0n) is 13.6. The van der Waals surface area contributed by atoms with E-state index >= 15 is 0 Å². The molecule has 1 aromatic carbocycles. The number of carbonyl (C=O) groups excluding carboxylic acids is 1. The molecule has 0 saturated carbocycles. The van der Waals surface area contributed by atoms with Crippen molar-refractivity contribution in [2.45, 2.75) is 25.3 Å². The van der Waals surface area contributed by atoms with Gasteiger partial charge in [-0.15, -0.1) is 0 Å². The number of imidazole rings is 1. The maximum Gasteiger partial charge on any atom is 0.238 e. The average molecular weight is 347 g/mol. The molecule has 0 bridgehead atoms. The fraction of sp³-hybridized carbons (Fsp3) is 0.412. The molecule has 2 heterocycles. The van der Waals surface area contributed by atoms with E-state index in [0.29, 0.717) is 6.54 Å². The largest absolute Gasteiger partial charge is 0.346 e. The van der Waals surface area contributed by atoms with Crippen LogP contribution in [0, 0.1) is 0 Å². The van der Waals surface area contributed by atoms with Gasteiger partial charge in [0, 0.05) is 24.6 Å². The molecule has 6 nitrogen and oxygen atoms in total. The molecule has 1 aromatic heterocycles. The highest BCUT2D eigenvalue weighted by Crippen LogP contribution is 2.30. The summed E-state index contributed by atoms with van der Waals surface area (Å²) in [5.74, 6) is -0.0780. The highest BCUT2D eigenvalue weighted by molar-refractivity contribution is 7.91. The van der Waals surface area contributed by atoms with Crippen LogP contribution in [0.25, 0.3) is 11.3 Å². The Morgan fingerprint density at radius 2 is 2.04 bits per heavy atom. The lowest BCUT2D eigenvalue weighted by Crippen LogP contribution is -2.41. The predicted molar refractivity (Wildman–Crippen MR) is 92.0 cm³/mol. The Hall–Kier alpha value is -2.15. The van der Waals surface area contributed by atoms with Gasteiger partial charge in [0.2, 0.25) is 5.91 Å². The van der Waals surface area contributed by atoms with Gasteiger partial charge in [-0.2, -0.15) is 0 Å². The molecule has 1 amide bonds. The number of piperidine rings is 1. The van der Waals surface area contributed by atoms with E-state index in [4.69, 9.17) is 0 Å². The Morgan fingerprint density at radius 3 is 2.75 bits per heavy atom. The Bertz CT molecular complexity index is 815. The molecule has 1 N–H and O–H groups in total. The SMILES string of the molecule is CS(=O)(=O)CC(=O)N1CCCCC1c1nc(-c2ccccc2)c[nH]1.